The zero-order valence-corrected chi connectivity index (χ0v) is 34.2. The van der Waals surface area contributed by atoms with E-state index in [2.05, 4.69) is 72.2 Å². The van der Waals surface area contributed by atoms with Crippen LogP contribution in [0.2, 0.25) is 0 Å². The molecular weight excluding hydrogens is 711 g/mol. The number of aromatic nitrogens is 2. The molecule has 0 bridgehead atoms. The highest BCUT2D eigenvalue weighted by molar-refractivity contribution is 8.00. The molecule has 0 aliphatic carbocycles. The van der Waals surface area contributed by atoms with Crippen LogP contribution in [0.15, 0.2) is 85.2 Å². The molecule has 2 saturated heterocycles. The number of thioether (sulfide) groups is 1. The third kappa shape index (κ3) is 11.2. The number of nitrogens with one attached hydrogen (secondary N) is 2. The highest BCUT2D eigenvalue weighted by atomic mass is 32.2. The number of benzene rings is 2. The number of hydrogen-bond acceptors (Lipinski definition) is 5. The van der Waals surface area contributed by atoms with Crippen LogP contribution in [0.25, 0.3) is 27.2 Å². The van der Waals surface area contributed by atoms with E-state index in [1.54, 1.807) is 4.57 Å². The van der Waals surface area contributed by atoms with E-state index in [1.165, 1.54) is 61.4 Å². The van der Waals surface area contributed by atoms with E-state index in [0.717, 1.165) is 86.4 Å². The van der Waals surface area contributed by atoms with Crippen molar-refractivity contribution < 1.29 is 9.59 Å². The van der Waals surface area contributed by atoms with Crippen molar-refractivity contribution in [1.29, 1.82) is 5.26 Å². The lowest BCUT2D eigenvalue weighted by atomic mass is 9.89. The number of unbranched alkanes of at least 4 members (excludes halogenated alkanes) is 10. The number of nitriles is 1. The molecule has 4 aromatic rings. The Hall–Kier alpha value is -4.35. The largest absolute Gasteiger partial charge is 0.332 e. The topological polar surface area (TPSA) is 99.8 Å². The third-order valence-corrected chi connectivity index (χ3v) is 13.2. The first kappa shape index (κ1) is 41.3. The lowest BCUT2D eigenvalue weighted by Gasteiger charge is -2.18. The molecule has 1 unspecified atom stereocenters. The average Bonchev–Trinajstić information content (AvgIpc) is 3.91. The van der Waals surface area contributed by atoms with Gasteiger partial charge in [0.15, 0.2) is 0 Å². The van der Waals surface area contributed by atoms with Gasteiger partial charge in [-0.2, -0.15) is 17.0 Å². The number of fused-ring (bicyclic) bond motifs is 3. The zero-order chi connectivity index (χ0) is 39.0. The molecule has 2 aliphatic heterocycles. The number of rotatable bonds is 23. The van der Waals surface area contributed by atoms with E-state index >= 15 is 0 Å². The molecule has 7 nitrogen and oxygen atoms in total. The van der Waals surface area contributed by atoms with Gasteiger partial charge in [-0.1, -0.05) is 113 Å². The van der Waals surface area contributed by atoms with Crippen LogP contribution in [-0.2, 0) is 0 Å². The van der Waals surface area contributed by atoms with Gasteiger partial charge in [-0.25, -0.2) is 4.79 Å². The summed E-state index contributed by atoms with van der Waals surface area (Å²) in [6.07, 6.45) is 30.4. The number of urea groups is 1. The van der Waals surface area contributed by atoms with Crippen LogP contribution < -0.4 is 10.6 Å². The van der Waals surface area contributed by atoms with E-state index in [4.69, 9.17) is 4.98 Å². The highest BCUT2D eigenvalue weighted by Gasteiger charge is 2.42. The monoisotopic (exact) mass is 771 g/mol. The van der Waals surface area contributed by atoms with Crippen LogP contribution in [0.3, 0.4) is 0 Å². The van der Waals surface area contributed by atoms with Crippen molar-refractivity contribution in [3.8, 4) is 6.07 Å². The first-order valence-corrected chi connectivity index (χ1v) is 22.5. The molecule has 0 spiro atoms. The summed E-state index contributed by atoms with van der Waals surface area (Å²) < 4.78 is 1.75. The van der Waals surface area contributed by atoms with Crippen molar-refractivity contribution in [1.82, 2.24) is 20.2 Å². The van der Waals surface area contributed by atoms with Gasteiger partial charge in [0.2, 0.25) is 5.91 Å². The molecule has 2 N–H and O–H groups in total. The minimum atomic E-state index is -0.0623. The lowest BCUT2D eigenvalue weighted by molar-refractivity contribution is 0.0904. The van der Waals surface area contributed by atoms with Crippen molar-refractivity contribution in [3.63, 3.8) is 0 Å². The third-order valence-electron chi connectivity index (χ3n) is 11.7. The minimum Gasteiger partial charge on any atom is -0.332 e. The number of para-hydroxylation sites is 1. The maximum absolute atomic E-state index is 13.5. The summed E-state index contributed by atoms with van der Waals surface area (Å²) in [5.74, 6) is 1.39. The molecule has 296 valence electrons. The Balaban J connectivity index is 1.01. The summed E-state index contributed by atoms with van der Waals surface area (Å²) in [7, 11) is 0. The normalized spacial score (nSPS) is 18.7. The first-order valence-electron chi connectivity index (χ1n) is 21.5. The summed E-state index contributed by atoms with van der Waals surface area (Å²) >= 11 is 1.91. The van der Waals surface area contributed by atoms with Crippen molar-refractivity contribution >= 4 is 50.9 Å². The number of carbonyl (C=O) groups is 2. The second-order valence-corrected chi connectivity index (χ2v) is 17.1. The van der Waals surface area contributed by atoms with E-state index in [0.29, 0.717) is 23.2 Å². The Morgan fingerprint density at radius 3 is 2.50 bits per heavy atom. The first-order chi connectivity index (χ1) is 27.6. The minimum absolute atomic E-state index is 0.0545. The van der Waals surface area contributed by atoms with Gasteiger partial charge in [0.25, 0.3) is 0 Å². The number of hydrogen-bond donors (Lipinski definition) is 2. The molecule has 0 radical (unpaired) electrons. The fraction of sp³-hybridized carbons (Fsp3) is 0.500. The number of nitrogens with zero attached hydrogens (tertiary/aromatic N) is 3. The van der Waals surface area contributed by atoms with Crippen molar-refractivity contribution in [3.05, 3.63) is 96.5 Å². The van der Waals surface area contributed by atoms with Gasteiger partial charge < -0.3 is 10.6 Å². The van der Waals surface area contributed by atoms with Gasteiger partial charge in [0.05, 0.1) is 34.9 Å². The standard InChI is InChI=1S/C48H61N5O2S/c1-2-3-4-5-6-7-8-9-10-11-13-23-37(46-39-26-17-16-22-36(39)31-32-50-46)24-14-12-15-25-38(33-49)41-34-53(43-28-19-18-27-40(41)43)45(54)30-21-20-29-44-47-42(35-56-44)51-48(55)52-47/h9-10,16-19,22,25-28,31-32,34,37,42,44,47H,2-8,11-15,20-21,23-24,29-30,35H2,1H3,(H2,51,52,55)/b10-9-,38-25+/t37?,42-,44-,47-/m1/s1. The van der Waals surface area contributed by atoms with E-state index in [9.17, 15) is 14.9 Å². The van der Waals surface area contributed by atoms with Crippen molar-refractivity contribution in [2.24, 2.45) is 0 Å². The Bertz CT molecular complexity index is 1990. The maximum Gasteiger partial charge on any atom is 0.315 e. The number of amides is 2. The SMILES string of the molecule is CCCCCCCC/C=C\CCCC(CCCC/C=C(\C#N)c1cn(C(=O)CCCC[C@H]2SC[C@H]3NC(=O)N[C@H]32)c2ccccc12)c1nccc2ccccc12. The molecule has 2 aromatic carbocycles. The molecule has 2 aromatic heterocycles. The summed E-state index contributed by atoms with van der Waals surface area (Å²) in [6, 6.07) is 21.5. The number of pyridine rings is 1. The summed E-state index contributed by atoms with van der Waals surface area (Å²) in [5.41, 5.74) is 3.53. The summed E-state index contributed by atoms with van der Waals surface area (Å²) in [5, 5.41) is 20.2. The number of allylic oxidation sites excluding steroid dienone is 4. The van der Waals surface area contributed by atoms with Crippen LogP contribution >= 0.6 is 11.8 Å². The second-order valence-electron chi connectivity index (χ2n) is 15.8. The van der Waals surface area contributed by atoms with Crippen LogP contribution in [0.4, 0.5) is 4.79 Å². The van der Waals surface area contributed by atoms with Gasteiger partial charge in [-0.3, -0.25) is 14.3 Å². The van der Waals surface area contributed by atoms with Gasteiger partial charge >= 0.3 is 6.03 Å². The van der Waals surface area contributed by atoms with Crippen LogP contribution in [0.5, 0.6) is 0 Å². The Morgan fingerprint density at radius 2 is 1.64 bits per heavy atom. The van der Waals surface area contributed by atoms with Crippen LogP contribution in [0, 0.1) is 11.3 Å². The predicted molar refractivity (Wildman–Crippen MR) is 234 cm³/mol. The van der Waals surface area contributed by atoms with E-state index in [-0.39, 0.29) is 24.0 Å². The summed E-state index contributed by atoms with van der Waals surface area (Å²) in [6.45, 7) is 2.27. The van der Waals surface area contributed by atoms with Gasteiger partial charge in [0, 0.05) is 52.1 Å². The molecule has 2 amide bonds. The Morgan fingerprint density at radius 1 is 0.893 bits per heavy atom. The molecule has 4 atom stereocenters. The smallest absolute Gasteiger partial charge is 0.315 e. The highest BCUT2D eigenvalue weighted by Crippen LogP contribution is 2.35. The molecule has 8 heteroatoms. The van der Waals surface area contributed by atoms with Gasteiger partial charge in [0.1, 0.15) is 0 Å². The molecule has 4 heterocycles. The van der Waals surface area contributed by atoms with Gasteiger partial charge in [-0.15, -0.1) is 0 Å². The van der Waals surface area contributed by atoms with Crippen molar-refractivity contribution in [2.75, 3.05) is 5.75 Å². The average molecular weight is 772 g/mol. The number of carbonyl (C=O) groups excluding carboxylic acids is 2. The Labute approximate surface area is 338 Å². The predicted octanol–water partition coefficient (Wildman–Crippen LogP) is 12.3. The van der Waals surface area contributed by atoms with Gasteiger partial charge in [-0.05, 0) is 81.7 Å². The fourth-order valence-corrected chi connectivity index (χ4v) is 10.2. The molecule has 0 saturated carbocycles. The Kier molecular flexibility index (Phi) is 16.1. The van der Waals surface area contributed by atoms with E-state index < -0.39 is 0 Å². The fourth-order valence-electron chi connectivity index (χ4n) is 8.63. The van der Waals surface area contributed by atoms with Crippen molar-refractivity contribution in [2.45, 2.75) is 146 Å². The quantitative estimate of drug-likeness (QED) is 0.0338. The molecule has 2 fully saturated rings. The lowest BCUT2D eigenvalue weighted by Crippen LogP contribution is -2.36. The van der Waals surface area contributed by atoms with E-state index in [1.807, 2.05) is 48.4 Å². The maximum atomic E-state index is 13.5. The van der Waals surface area contributed by atoms with Crippen LogP contribution in [-0.4, -0.2) is 44.6 Å². The van der Waals surface area contributed by atoms with Crippen LogP contribution in [0.1, 0.15) is 144 Å². The molecular formula is C48H61N5O2S. The second kappa shape index (κ2) is 21.8. The molecule has 6 rings (SSSR count). The summed E-state index contributed by atoms with van der Waals surface area (Å²) in [4.78, 5) is 30.2. The molecule has 56 heavy (non-hydrogen) atoms. The zero-order valence-electron chi connectivity index (χ0n) is 33.4. The molecule has 2 aliphatic rings.